The summed E-state index contributed by atoms with van der Waals surface area (Å²) in [6.45, 7) is 0. The minimum absolute atomic E-state index is 0.0150. The predicted molar refractivity (Wildman–Crippen MR) is 40.4 cm³/mol. The summed E-state index contributed by atoms with van der Waals surface area (Å²) in [6.07, 6.45) is 0.501. The zero-order valence-electron chi connectivity index (χ0n) is 5.30. The smallest absolute Gasteiger partial charge is 0.208 e. The molecule has 0 saturated carbocycles. The Morgan fingerprint density at radius 1 is 1.30 bits per heavy atom. The first-order chi connectivity index (χ1) is 4.86. The standard InChI is InChI=1S/C8H6FS/c9-8-5-6-3-1-2-4-7(6)10-8/h1-4H,5H2. The van der Waals surface area contributed by atoms with Crippen LogP contribution in [0.2, 0.25) is 0 Å². The van der Waals surface area contributed by atoms with Crippen LogP contribution in [0.4, 0.5) is 4.39 Å². The Kier molecular flexibility index (Phi) is 1.42. The fraction of sp³-hybridized carbons (Fsp3) is 0.125. The molecule has 0 unspecified atom stereocenters. The fourth-order valence-corrected chi connectivity index (χ4v) is 1.94. The second-order valence-corrected chi connectivity index (χ2v) is 3.33. The Morgan fingerprint density at radius 3 is 2.90 bits per heavy atom. The van der Waals surface area contributed by atoms with Gasteiger partial charge in [-0.05, 0) is 11.6 Å². The van der Waals surface area contributed by atoms with Crippen LogP contribution in [-0.4, -0.2) is 0 Å². The van der Waals surface area contributed by atoms with Gasteiger partial charge in [0.2, 0.25) is 5.50 Å². The van der Waals surface area contributed by atoms with Crippen molar-refractivity contribution in [1.29, 1.82) is 0 Å². The van der Waals surface area contributed by atoms with Gasteiger partial charge in [-0.15, -0.1) is 0 Å². The highest BCUT2D eigenvalue weighted by molar-refractivity contribution is 8.02. The fourth-order valence-electron chi connectivity index (χ4n) is 1.05. The molecule has 0 atom stereocenters. The monoisotopic (exact) mass is 153 g/mol. The number of thioether (sulfide) groups is 1. The maximum absolute atomic E-state index is 12.6. The third kappa shape index (κ3) is 0.926. The van der Waals surface area contributed by atoms with Crippen LogP contribution in [-0.2, 0) is 6.42 Å². The van der Waals surface area contributed by atoms with E-state index in [1.165, 1.54) is 11.8 Å². The van der Waals surface area contributed by atoms with Crippen molar-refractivity contribution in [2.45, 2.75) is 11.3 Å². The van der Waals surface area contributed by atoms with Crippen molar-refractivity contribution < 1.29 is 4.39 Å². The summed E-state index contributed by atoms with van der Waals surface area (Å²) in [5, 5.41) is 0. The van der Waals surface area contributed by atoms with Gasteiger partial charge in [0.05, 0.1) is 0 Å². The molecule has 2 heteroatoms. The molecular formula is C8H6FS. The second-order valence-electron chi connectivity index (χ2n) is 2.24. The van der Waals surface area contributed by atoms with Crippen LogP contribution in [0.25, 0.3) is 0 Å². The first-order valence-electron chi connectivity index (χ1n) is 3.13. The van der Waals surface area contributed by atoms with Gasteiger partial charge in [-0.2, -0.15) is 0 Å². The normalized spacial score (nSPS) is 17.3. The molecule has 51 valence electrons. The van der Waals surface area contributed by atoms with E-state index in [-0.39, 0.29) is 5.50 Å². The summed E-state index contributed by atoms with van der Waals surface area (Å²) < 4.78 is 12.6. The van der Waals surface area contributed by atoms with E-state index in [1.54, 1.807) is 0 Å². The van der Waals surface area contributed by atoms with Crippen molar-refractivity contribution in [3.63, 3.8) is 0 Å². The number of benzene rings is 1. The topological polar surface area (TPSA) is 0 Å². The lowest BCUT2D eigenvalue weighted by Gasteiger charge is -1.91. The van der Waals surface area contributed by atoms with Crippen molar-refractivity contribution in [2.24, 2.45) is 0 Å². The number of hydrogen-bond donors (Lipinski definition) is 0. The Morgan fingerprint density at radius 2 is 2.10 bits per heavy atom. The SMILES string of the molecule is F[C]1Cc2ccccc2S1. The van der Waals surface area contributed by atoms with Crippen LogP contribution < -0.4 is 0 Å². The number of fused-ring (bicyclic) bond motifs is 1. The zero-order valence-corrected chi connectivity index (χ0v) is 6.12. The quantitative estimate of drug-likeness (QED) is 0.552. The lowest BCUT2D eigenvalue weighted by atomic mass is 10.2. The minimum Gasteiger partial charge on any atom is -0.227 e. The summed E-state index contributed by atoms with van der Waals surface area (Å²) >= 11 is 1.24. The van der Waals surface area contributed by atoms with Gasteiger partial charge in [-0.1, -0.05) is 30.0 Å². The summed E-state index contributed by atoms with van der Waals surface area (Å²) in [5.41, 5.74) is 1.13. The highest BCUT2D eigenvalue weighted by Crippen LogP contribution is 2.42. The van der Waals surface area contributed by atoms with E-state index in [1.807, 2.05) is 24.3 Å². The van der Waals surface area contributed by atoms with Crippen LogP contribution >= 0.6 is 11.8 Å². The highest BCUT2D eigenvalue weighted by Gasteiger charge is 2.21. The van der Waals surface area contributed by atoms with Crippen LogP contribution in [0, 0.1) is 5.50 Å². The maximum Gasteiger partial charge on any atom is 0.208 e. The van der Waals surface area contributed by atoms with Crippen molar-refractivity contribution in [3.05, 3.63) is 35.3 Å². The molecule has 0 N–H and O–H groups in total. The van der Waals surface area contributed by atoms with E-state index >= 15 is 0 Å². The Hall–Kier alpha value is -0.500. The lowest BCUT2D eigenvalue weighted by Crippen LogP contribution is -1.79. The summed E-state index contributed by atoms with van der Waals surface area (Å²) in [7, 11) is 0. The van der Waals surface area contributed by atoms with Crippen molar-refractivity contribution in [1.82, 2.24) is 0 Å². The first kappa shape index (κ1) is 6.23. The molecule has 10 heavy (non-hydrogen) atoms. The molecule has 1 aliphatic rings. The molecule has 1 radical (unpaired) electrons. The molecular weight excluding hydrogens is 147 g/mol. The molecule has 0 spiro atoms. The van der Waals surface area contributed by atoms with Gasteiger partial charge in [-0.3, -0.25) is 0 Å². The number of halogens is 1. The van der Waals surface area contributed by atoms with Crippen molar-refractivity contribution >= 4 is 11.8 Å². The first-order valence-corrected chi connectivity index (χ1v) is 3.95. The molecule has 0 fully saturated rings. The molecule has 1 aromatic carbocycles. The molecule has 1 heterocycles. The van der Waals surface area contributed by atoms with E-state index in [2.05, 4.69) is 0 Å². The van der Waals surface area contributed by atoms with Gasteiger partial charge in [0.1, 0.15) is 0 Å². The van der Waals surface area contributed by atoms with Crippen LogP contribution in [0.1, 0.15) is 5.56 Å². The average molecular weight is 153 g/mol. The lowest BCUT2D eigenvalue weighted by molar-refractivity contribution is 0.575. The van der Waals surface area contributed by atoms with Gasteiger partial charge in [-0.25, -0.2) is 4.39 Å². The molecule has 0 bridgehead atoms. The van der Waals surface area contributed by atoms with E-state index in [4.69, 9.17) is 0 Å². The van der Waals surface area contributed by atoms with Gasteiger partial charge in [0.15, 0.2) is 0 Å². The molecule has 0 aliphatic carbocycles. The maximum atomic E-state index is 12.6. The van der Waals surface area contributed by atoms with Crippen molar-refractivity contribution in [2.75, 3.05) is 0 Å². The Bertz CT molecular complexity index is 222. The molecule has 2 rings (SSSR count). The van der Waals surface area contributed by atoms with Gasteiger partial charge < -0.3 is 0 Å². The molecule has 0 amide bonds. The highest BCUT2D eigenvalue weighted by atomic mass is 32.2. The molecule has 0 nitrogen and oxygen atoms in total. The van der Waals surface area contributed by atoms with Crippen molar-refractivity contribution in [3.8, 4) is 0 Å². The van der Waals surface area contributed by atoms with E-state index in [0.717, 1.165) is 10.5 Å². The molecule has 1 aromatic rings. The van der Waals surface area contributed by atoms with E-state index < -0.39 is 0 Å². The van der Waals surface area contributed by atoms with E-state index in [9.17, 15) is 4.39 Å². The predicted octanol–water partition coefficient (Wildman–Crippen LogP) is 2.79. The summed E-state index contributed by atoms with van der Waals surface area (Å²) in [4.78, 5) is 1.07. The molecule has 0 aromatic heterocycles. The second kappa shape index (κ2) is 2.27. The summed E-state index contributed by atoms with van der Waals surface area (Å²) in [6, 6.07) is 7.80. The van der Waals surface area contributed by atoms with Crippen LogP contribution in [0.3, 0.4) is 0 Å². The molecule has 0 saturated heterocycles. The molecule has 1 aliphatic heterocycles. The number of rotatable bonds is 0. The van der Waals surface area contributed by atoms with Gasteiger partial charge in [0, 0.05) is 11.3 Å². The number of hydrogen-bond acceptors (Lipinski definition) is 1. The Labute approximate surface area is 63.4 Å². The van der Waals surface area contributed by atoms with Gasteiger partial charge >= 0.3 is 0 Å². The summed E-state index contributed by atoms with van der Waals surface area (Å²) in [5.74, 6) is 0. The van der Waals surface area contributed by atoms with Crippen LogP contribution in [0.5, 0.6) is 0 Å². The average Bonchev–Trinajstić information content (AvgIpc) is 2.27. The third-order valence-corrected chi connectivity index (χ3v) is 2.51. The third-order valence-electron chi connectivity index (χ3n) is 1.52. The van der Waals surface area contributed by atoms with Crippen LogP contribution in [0.15, 0.2) is 29.2 Å². The van der Waals surface area contributed by atoms with Gasteiger partial charge in [0.25, 0.3) is 0 Å². The van der Waals surface area contributed by atoms with E-state index in [0.29, 0.717) is 6.42 Å². The minimum atomic E-state index is 0.0150. The zero-order chi connectivity index (χ0) is 6.97. The largest absolute Gasteiger partial charge is 0.227 e. The Balaban J connectivity index is 2.42.